The van der Waals surface area contributed by atoms with E-state index in [1.807, 2.05) is 30.3 Å². The minimum atomic E-state index is -0.524. The minimum Gasteiger partial charge on any atom is -0.504 e. The number of hydrogen-bond acceptors (Lipinski definition) is 4. The Labute approximate surface area is 133 Å². The molecule has 23 heavy (non-hydrogen) atoms. The number of amides is 1. The van der Waals surface area contributed by atoms with Crippen molar-refractivity contribution < 1.29 is 14.3 Å². The quantitative estimate of drug-likeness (QED) is 0.688. The van der Waals surface area contributed by atoms with Crippen LogP contribution in [-0.4, -0.2) is 18.1 Å². The number of nitrogens with one attached hydrogen (secondary N) is 1. The third kappa shape index (κ3) is 2.64. The summed E-state index contributed by atoms with van der Waals surface area (Å²) in [6.45, 7) is 0. The lowest BCUT2D eigenvalue weighted by atomic mass is 10.0. The maximum Gasteiger partial charge on any atom is 0.248 e. The second-order valence-electron chi connectivity index (χ2n) is 5.04. The van der Waals surface area contributed by atoms with E-state index in [0.29, 0.717) is 28.3 Å². The highest BCUT2D eigenvalue weighted by Gasteiger charge is 2.22. The molecule has 0 radical (unpaired) electrons. The van der Waals surface area contributed by atoms with Crippen LogP contribution in [-0.2, 0) is 0 Å². The van der Waals surface area contributed by atoms with Crippen molar-refractivity contribution in [3.63, 3.8) is 0 Å². The molecule has 4 N–H and O–H groups in total. The Kier molecular flexibility index (Phi) is 3.76. The van der Waals surface area contributed by atoms with Gasteiger partial charge in [-0.05, 0) is 17.7 Å². The SMILES string of the molecule is CNc1oc(-c2ccccc2)c(O)c1-c1cccc(C(N)=O)c1. The van der Waals surface area contributed by atoms with Crippen LogP contribution in [0.1, 0.15) is 10.4 Å². The van der Waals surface area contributed by atoms with Crippen LogP contribution in [0.2, 0.25) is 0 Å². The maximum absolute atomic E-state index is 11.4. The molecule has 3 rings (SSSR count). The van der Waals surface area contributed by atoms with E-state index < -0.39 is 5.91 Å². The molecule has 5 heteroatoms. The zero-order valence-corrected chi connectivity index (χ0v) is 12.5. The topological polar surface area (TPSA) is 88.5 Å². The smallest absolute Gasteiger partial charge is 0.248 e. The fourth-order valence-electron chi connectivity index (χ4n) is 2.48. The van der Waals surface area contributed by atoms with Crippen LogP contribution in [0, 0.1) is 0 Å². The first-order valence-electron chi connectivity index (χ1n) is 7.11. The number of carbonyl (C=O) groups is 1. The van der Waals surface area contributed by atoms with Crippen LogP contribution < -0.4 is 11.1 Å². The Balaban J connectivity index is 2.18. The van der Waals surface area contributed by atoms with Crippen LogP contribution in [0.15, 0.2) is 59.0 Å². The van der Waals surface area contributed by atoms with Crippen molar-refractivity contribution in [3.8, 4) is 28.2 Å². The lowest BCUT2D eigenvalue weighted by Gasteiger charge is -2.04. The third-order valence-corrected chi connectivity index (χ3v) is 3.58. The van der Waals surface area contributed by atoms with E-state index in [1.54, 1.807) is 31.3 Å². The van der Waals surface area contributed by atoms with Gasteiger partial charge in [0.1, 0.15) is 0 Å². The second-order valence-corrected chi connectivity index (χ2v) is 5.04. The van der Waals surface area contributed by atoms with Crippen LogP contribution in [0.25, 0.3) is 22.5 Å². The Bertz CT molecular complexity index is 854. The van der Waals surface area contributed by atoms with E-state index in [9.17, 15) is 9.90 Å². The summed E-state index contributed by atoms with van der Waals surface area (Å²) < 4.78 is 5.76. The number of carbonyl (C=O) groups excluding carboxylic acids is 1. The molecule has 0 spiro atoms. The van der Waals surface area contributed by atoms with Crippen molar-refractivity contribution >= 4 is 11.8 Å². The molecule has 0 saturated carbocycles. The summed E-state index contributed by atoms with van der Waals surface area (Å²) in [7, 11) is 1.70. The van der Waals surface area contributed by atoms with Gasteiger partial charge in [-0.15, -0.1) is 0 Å². The fraction of sp³-hybridized carbons (Fsp3) is 0.0556. The van der Waals surface area contributed by atoms with Gasteiger partial charge in [0.25, 0.3) is 0 Å². The monoisotopic (exact) mass is 308 g/mol. The van der Waals surface area contributed by atoms with Crippen LogP contribution in [0.5, 0.6) is 5.75 Å². The van der Waals surface area contributed by atoms with Gasteiger partial charge in [-0.2, -0.15) is 0 Å². The molecular formula is C18H16N2O3. The van der Waals surface area contributed by atoms with Crippen LogP contribution in [0.4, 0.5) is 5.88 Å². The number of primary amides is 1. The highest BCUT2D eigenvalue weighted by molar-refractivity contribution is 5.95. The summed E-state index contributed by atoms with van der Waals surface area (Å²) in [4.78, 5) is 11.4. The molecule has 0 aliphatic heterocycles. The van der Waals surface area contributed by atoms with Crippen molar-refractivity contribution in [1.29, 1.82) is 0 Å². The number of benzene rings is 2. The molecule has 0 aliphatic carbocycles. The number of hydrogen-bond donors (Lipinski definition) is 3. The number of furan rings is 1. The molecule has 5 nitrogen and oxygen atoms in total. The van der Waals surface area contributed by atoms with E-state index in [1.165, 1.54) is 0 Å². The molecule has 0 saturated heterocycles. The van der Waals surface area contributed by atoms with E-state index >= 15 is 0 Å². The molecular weight excluding hydrogens is 292 g/mol. The highest BCUT2D eigenvalue weighted by Crippen LogP contribution is 2.46. The van der Waals surface area contributed by atoms with E-state index in [-0.39, 0.29) is 5.75 Å². The first kappa shape index (κ1) is 14.7. The van der Waals surface area contributed by atoms with Gasteiger partial charge in [0.15, 0.2) is 11.5 Å². The first-order chi connectivity index (χ1) is 11.1. The summed E-state index contributed by atoms with van der Waals surface area (Å²) in [5.74, 6) is 0.281. The molecule has 1 amide bonds. The normalized spacial score (nSPS) is 10.5. The third-order valence-electron chi connectivity index (χ3n) is 3.58. The molecule has 2 aromatic carbocycles. The lowest BCUT2D eigenvalue weighted by Crippen LogP contribution is -2.10. The standard InChI is InChI=1S/C18H16N2O3/c1-20-18-14(12-8-5-9-13(10-12)17(19)22)15(21)16(23-18)11-6-3-2-4-7-11/h2-10,20-21H,1H3,(H2,19,22). The van der Waals surface area contributed by atoms with Crippen LogP contribution >= 0.6 is 0 Å². The Morgan fingerprint density at radius 1 is 1.09 bits per heavy atom. The summed E-state index contributed by atoms with van der Waals surface area (Å²) in [5, 5.41) is 13.6. The van der Waals surface area contributed by atoms with Crippen molar-refractivity contribution in [3.05, 3.63) is 60.2 Å². The zero-order chi connectivity index (χ0) is 16.4. The summed E-state index contributed by atoms with van der Waals surface area (Å²) in [6, 6.07) is 16.1. The minimum absolute atomic E-state index is 0.0159. The van der Waals surface area contributed by atoms with E-state index in [2.05, 4.69) is 5.32 Å². The van der Waals surface area contributed by atoms with Crippen molar-refractivity contribution in [2.24, 2.45) is 5.73 Å². The number of anilines is 1. The average molecular weight is 308 g/mol. The molecule has 116 valence electrons. The van der Waals surface area contributed by atoms with Gasteiger partial charge in [0.2, 0.25) is 11.8 Å². The molecule has 0 atom stereocenters. The van der Waals surface area contributed by atoms with Gasteiger partial charge in [0.05, 0.1) is 5.56 Å². The molecule has 0 unspecified atom stereocenters. The average Bonchev–Trinajstić information content (AvgIpc) is 2.92. The predicted molar refractivity (Wildman–Crippen MR) is 89.3 cm³/mol. The summed E-state index contributed by atoms with van der Waals surface area (Å²) in [6.07, 6.45) is 0. The number of rotatable bonds is 4. The van der Waals surface area contributed by atoms with Crippen molar-refractivity contribution in [2.45, 2.75) is 0 Å². The largest absolute Gasteiger partial charge is 0.504 e. The Morgan fingerprint density at radius 3 is 2.43 bits per heavy atom. The highest BCUT2D eigenvalue weighted by atomic mass is 16.4. The van der Waals surface area contributed by atoms with Gasteiger partial charge in [-0.1, -0.05) is 42.5 Å². The van der Waals surface area contributed by atoms with Crippen molar-refractivity contribution in [1.82, 2.24) is 0 Å². The number of nitrogens with two attached hydrogens (primary N) is 1. The summed E-state index contributed by atoms with van der Waals surface area (Å²) >= 11 is 0. The second kappa shape index (κ2) is 5.88. The molecule has 0 bridgehead atoms. The van der Waals surface area contributed by atoms with Gasteiger partial charge < -0.3 is 20.6 Å². The zero-order valence-electron chi connectivity index (χ0n) is 12.5. The van der Waals surface area contributed by atoms with Crippen molar-refractivity contribution in [2.75, 3.05) is 12.4 Å². The lowest BCUT2D eigenvalue weighted by molar-refractivity contribution is 0.100. The Hall–Kier alpha value is -3.21. The Morgan fingerprint density at radius 2 is 1.78 bits per heavy atom. The molecule has 1 heterocycles. The van der Waals surface area contributed by atoms with E-state index in [4.69, 9.17) is 10.2 Å². The predicted octanol–water partition coefficient (Wildman–Crippen LogP) is 3.46. The molecule has 0 aliphatic rings. The van der Waals surface area contributed by atoms with Gasteiger partial charge in [-0.25, -0.2) is 0 Å². The molecule has 1 aromatic heterocycles. The fourth-order valence-corrected chi connectivity index (χ4v) is 2.48. The molecule has 0 fully saturated rings. The van der Waals surface area contributed by atoms with Gasteiger partial charge in [0, 0.05) is 18.2 Å². The number of aromatic hydroxyl groups is 1. The molecule has 3 aromatic rings. The maximum atomic E-state index is 11.4. The summed E-state index contributed by atoms with van der Waals surface area (Å²) in [5.41, 5.74) is 7.60. The van der Waals surface area contributed by atoms with Gasteiger partial charge in [-0.3, -0.25) is 4.79 Å². The van der Waals surface area contributed by atoms with Crippen LogP contribution in [0.3, 0.4) is 0 Å². The van der Waals surface area contributed by atoms with Gasteiger partial charge >= 0.3 is 0 Å². The van der Waals surface area contributed by atoms with E-state index in [0.717, 1.165) is 5.56 Å². The first-order valence-corrected chi connectivity index (χ1v) is 7.11.